The predicted molar refractivity (Wildman–Crippen MR) is 71.5 cm³/mol. The molecule has 2 nitrogen and oxygen atoms in total. The minimum absolute atomic E-state index is 0. The van der Waals surface area contributed by atoms with Crippen LogP contribution in [0.25, 0.3) is 0 Å². The van der Waals surface area contributed by atoms with E-state index in [-0.39, 0.29) is 18.4 Å². The van der Waals surface area contributed by atoms with Crippen LogP contribution in [0.1, 0.15) is 24.1 Å². The SMILES string of the molecule is C[C@@H](c1ccc(F)c(C(F)(F)F)c1)N1CCNCC1.Cl. The summed E-state index contributed by atoms with van der Waals surface area (Å²) < 4.78 is 51.2. The molecule has 20 heavy (non-hydrogen) atoms. The van der Waals surface area contributed by atoms with Crippen LogP contribution in [-0.4, -0.2) is 31.1 Å². The number of piperazine rings is 1. The van der Waals surface area contributed by atoms with E-state index in [1.165, 1.54) is 6.07 Å². The lowest BCUT2D eigenvalue weighted by molar-refractivity contribution is -0.140. The number of alkyl halides is 3. The first-order valence-corrected chi connectivity index (χ1v) is 6.21. The minimum atomic E-state index is -4.65. The second-order valence-electron chi connectivity index (χ2n) is 4.70. The van der Waals surface area contributed by atoms with Crippen LogP contribution in [0.15, 0.2) is 18.2 Å². The Labute approximate surface area is 121 Å². The molecular weight excluding hydrogens is 296 g/mol. The van der Waals surface area contributed by atoms with Crippen molar-refractivity contribution >= 4 is 12.4 Å². The molecule has 1 aromatic carbocycles. The summed E-state index contributed by atoms with van der Waals surface area (Å²) in [4.78, 5) is 2.09. The zero-order chi connectivity index (χ0) is 14.0. The first-order valence-electron chi connectivity index (χ1n) is 6.21. The van der Waals surface area contributed by atoms with E-state index in [9.17, 15) is 17.6 Å². The van der Waals surface area contributed by atoms with E-state index >= 15 is 0 Å². The minimum Gasteiger partial charge on any atom is -0.314 e. The van der Waals surface area contributed by atoms with Crippen LogP contribution in [0, 0.1) is 5.82 Å². The van der Waals surface area contributed by atoms with E-state index in [2.05, 4.69) is 10.2 Å². The highest BCUT2D eigenvalue weighted by molar-refractivity contribution is 5.85. The smallest absolute Gasteiger partial charge is 0.314 e. The van der Waals surface area contributed by atoms with Crippen LogP contribution < -0.4 is 5.32 Å². The second-order valence-corrected chi connectivity index (χ2v) is 4.70. The molecule has 1 heterocycles. The lowest BCUT2D eigenvalue weighted by Crippen LogP contribution is -2.44. The molecule has 0 unspecified atom stereocenters. The molecule has 1 aliphatic heterocycles. The summed E-state index contributed by atoms with van der Waals surface area (Å²) >= 11 is 0. The summed E-state index contributed by atoms with van der Waals surface area (Å²) in [6.45, 7) is 5.04. The van der Waals surface area contributed by atoms with Gasteiger partial charge in [-0.3, -0.25) is 4.90 Å². The number of hydrogen-bond donors (Lipinski definition) is 1. The van der Waals surface area contributed by atoms with Crippen molar-refractivity contribution in [1.82, 2.24) is 10.2 Å². The average Bonchev–Trinajstić information content (AvgIpc) is 2.38. The third kappa shape index (κ3) is 3.84. The van der Waals surface area contributed by atoms with Gasteiger partial charge in [0, 0.05) is 32.2 Å². The van der Waals surface area contributed by atoms with Gasteiger partial charge >= 0.3 is 6.18 Å². The Morgan fingerprint density at radius 2 is 1.80 bits per heavy atom. The summed E-state index contributed by atoms with van der Waals surface area (Å²) in [5.74, 6) is -1.22. The third-order valence-electron chi connectivity index (χ3n) is 3.48. The fourth-order valence-corrected chi connectivity index (χ4v) is 2.30. The standard InChI is InChI=1S/C13H16F4N2.ClH/c1-9(19-6-4-18-5-7-19)10-2-3-12(14)11(8-10)13(15,16)17;/h2-3,8-9,18H,4-7H2,1H3;1H/t9-;/m0./s1. The van der Waals surface area contributed by atoms with Gasteiger partial charge in [-0.1, -0.05) is 6.07 Å². The summed E-state index contributed by atoms with van der Waals surface area (Å²) in [6.07, 6.45) is -4.65. The quantitative estimate of drug-likeness (QED) is 0.844. The molecule has 0 bridgehead atoms. The molecule has 1 fully saturated rings. The van der Waals surface area contributed by atoms with Crippen molar-refractivity contribution in [3.05, 3.63) is 35.1 Å². The highest BCUT2D eigenvalue weighted by Crippen LogP contribution is 2.33. The van der Waals surface area contributed by atoms with Crippen LogP contribution in [0.4, 0.5) is 17.6 Å². The van der Waals surface area contributed by atoms with Crippen LogP contribution >= 0.6 is 12.4 Å². The molecule has 0 saturated carbocycles. The van der Waals surface area contributed by atoms with Crippen LogP contribution in [0.5, 0.6) is 0 Å². The highest BCUT2D eigenvalue weighted by atomic mass is 35.5. The summed E-state index contributed by atoms with van der Waals surface area (Å²) in [5.41, 5.74) is -0.692. The summed E-state index contributed by atoms with van der Waals surface area (Å²) in [6, 6.07) is 3.10. The van der Waals surface area contributed by atoms with Crippen LogP contribution in [-0.2, 0) is 6.18 Å². The van der Waals surface area contributed by atoms with Crippen LogP contribution in [0.3, 0.4) is 0 Å². The number of rotatable bonds is 2. The van der Waals surface area contributed by atoms with Gasteiger partial charge in [0.05, 0.1) is 5.56 Å². The van der Waals surface area contributed by atoms with Crippen molar-refractivity contribution in [3.8, 4) is 0 Å². The fourth-order valence-electron chi connectivity index (χ4n) is 2.30. The van der Waals surface area contributed by atoms with Crippen molar-refractivity contribution in [2.75, 3.05) is 26.2 Å². The number of nitrogens with one attached hydrogen (secondary N) is 1. The first-order chi connectivity index (χ1) is 8.89. The largest absolute Gasteiger partial charge is 0.419 e. The third-order valence-corrected chi connectivity index (χ3v) is 3.48. The van der Waals surface area contributed by atoms with Gasteiger partial charge in [0.1, 0.15) is 5.82 Å². The monoisotopic (exact) mass is 312 g/mol. The molecule has 1 aliphatic rings. The van der Waals surface area contributed by atoms with Gasteiger partial charge in [0.2, 0.25) is 0 Å². The molecule has 0 aromatic heterocycles. The van der Waals surface area contributed by atoms with Gasteiger partial charge in [-0.2, -0.15) is 13.2 Å². The fraction of sp³-hybridized carbons (Fsp3) is 0.538. The van der Waals surface area contributed by atoms with E-state index < -0.39 is 17.6 Å². The molecule has 1 saturated heterocycles. The van der Waals surface area contributed by atoms with Crippen LogP contribution in [0.2, 0.25) is 0 Å². The predicted octanol–water partition coefficient (Wildman–Crippen LogP) is 3.23. The molecule has 0 radical (unpaired) electrons. The number of hydrogen-bond acceptors (Lipinski definition) is 2. The van der Waals surface area contributed by atoms with Crippen molar-refractivity contribution in [1.29, 1.82) is 0 Å². The average molecular weight is 313 g/mol. The van der Waals surface area contributed by atoms with Gasteiger partial charge < -0.3 is 5.32 Å². The van der Waals surface area contributed by atoms with E-state index in [1.54, 1.807) is 0 Å². The first kappa shape index (κ1) is 17.2. The highest BCUT2D eigenvalue weighted by Gasteiger charge is 2.34. The van der Waals surface area contributed by atoms with Gasteiger partial charge in [0.15, 0.2) is 0 Å². The number of halogens is 5. The maximum atomic E-state index is 13.2. The Morgan fingerprint density at radius 1 is 1.20 bits per heavy atom. The lowest BCUT2D eigenvalue weighted by atomic mass is 10.0. The second kappa shape index (κ2) is 6.74. The molecule has 1 N–H and O–H groups in total. The zero-order valence-electron chi connectivity index (χ0n) is 11.0. The van der Waals surface area contributed by atoms with Gasteiger partial charge in [-0.15, -0.1) is 12.4 Å². The number of nitrogens with zero attached hydrogens (tertiary/aromatic N) is 1. The zero-order valence-corrected chi connectivity index (χ0v) is 11.8. The van der Waals surface area contributed by atoms with E-state index in [0.717, 1.165) is 38.3 Å². The van der Waals surface area contributed by atoms with Gasteiger partial charge in [-0.25, -0.2) is 4.39 Å². The molecule has 0 aliphatic carbocycles. The Kier molecular flexibility index (Phi) is 5.79. The maximum absolute atomic E-state index is 13.2. The Hall–Kier alpha value is -0.850. The molecule has 7 heteroatoms. The molecule has 1 atom stereocenters. The molecule has 0 amide bonds. The topological polar surface area (TPSA) is 15.3 Å². The van der Waals surface area contributed by atoms with Crippen molar-refractivity contribution in [3.63, 3.8) is 0 Å². The van der Waals surface area contributed by atoms with Gasteiger partial charge in [0.25, 0.3) is 0 Å². The van der Waals surface area contributed by atoms with Crippen molar-refractivity contribution < 1.29 is 17.6 Å². The van der Waals surface area contributed by atoms with E-state index in [4.69, 9.17) is 0 Å². The maximum Gasteiger partial charge on any atom is 0.419 e. The normalized spacial score (nSPS) is 18.4. The number of benzene rings is 1. The summed E-state index contributed by atoms with van der Waals surface area (Å²) in [5, 5.41) is 3.18. The Bertz CT molecular complexity index is 444. The molecule has 114 valence electrons. The van der Waals surface area contributed by atoms with E-state index in [1.807, 2.05) is 6.92 Å². The Morgan fingerprint density at radius 3 is 2.35 bits per heavy atom. The summed E-state index contributed by atoms with van der Waals surface area (Å²) in [7, 11) is 0. The molecule has 2 rings (SSSR count). The molecule has 1 aromatic rings. The van der Waals surface area contributed by atoms with Crippen molar-refractivity contribution in [2.24, 2.45) is 0 Å². The van der Waals surface area contributed by atoms with Gasteiger partial charge in [-0.05, 0) is 24.6 Å². The Balaban J connectivity index is 0.00000200. The molecular formula is C13H17ClF4N2. The van der Waals surface area contributed by atoms with Crippen molar-refractivity contribution in [2.45, 2.75) is 19.1 Å². The van der Waals surface area contributed by atoms with E-state index in [0.29, 0.717) is 5.56 Å². The molecule has 0 spiro atoms. The lowest BCUT2D eigenvalue weighted by Gasteiger charge is -2.33.